The fourth-order valence-electron chi connectivity index (χ4n) is 3.94. The second kappa shape index (κ2) is 7.77. The first-order valence-electron chi connectivity index (χ1n) is 9.86. The van der Waals surface area contributed by atoms with Crippen molar-refractivity contribution in [3.63, 3.8) is 0 Å². The van der Waals surface area contributed by atoms with Crippen molar-refractivity contribution in [2.45, 2.75) is 25.3 Å². The summed E-state index contributed by atoms with van der Waals surface area (Å²) in [6.45, 7) is 2.79. The number of fused-ring (bicyclic) bond motifs is 2. The molecule has 1 amide bonds. The van der Waals surface area contributed by atoms with E-state index in [0.29, 0.717) is 36.8 Å². The number of pyridine rings is 1. The summed E-state index contributed by atoms with van der Waals surface area (Å²) in [4.78, 5) is 26.5. The molecule has 4 aromatic rings. The maximum atomic E-state index is 13.9. The number of aromatic nitrogens is 5. The van der Waals surface area contributed by atoms with Gasteiger partial charge in [-0.25, -0.2) is 18.9 Å². The lowest BCUT2D eigenvalue weighted by Crippen LogP contribution is -2.41. The van der Waals surface area contributed by atoms with Gasteiger partial charge in [0.2, 0.25) is 11.6 Å². The zero-order chi connectivity index (χ0) is 21.5. The van der Waals surface area contributed by atoms with Gasteiger partial charge in [0.1, 0.15) is 11.7 Å². The smallest absolute Gasteiger partial charge is 0.292 e. The van der Waals surface area contributed by atoms with Crippen molar-refractivity contribution in [1.82, 2.24) is 29.5 Å². The van der Waals surface area contributed by atoms with Gasteiger partial charge in [-0.3, -0.25) is 4.79 Å². The Morgan fingerprint density at radius 3 is 3.13 bits per heavy atom. The van der Waals surface area contributed by atoms with E-state index in [9.17, 15) is 9.18 Å². The van der Waals surface area contributed by atoms with Crippen molar-refractivity contribution < 1.29 is 18.3 Å². The van der Waals surface area contributed by atoms with Gasteiger partial charge in [-0.15, -0.1) is 0 Å². The molecule has 0 radical (unpaired) electrons. The Bertz CT molecular complexity index is 1250. The second-order valence-corrected chi connectivity index (χ2v) is 7.67. The Hall–Kier alpha value is -3.26. The topological polar surface area (TPSA) is 102 Å². The molecule has 0 spiro atoms. The zero-order valence-corrected chi connectivity index (χ0v) is 17.8. The minimum Gasteiger partial charge on any atom is -0.478 e. The van der Waals surface area contributed by atoms with Gasteiger partial charge in [-0.05, 0) is 19.1 Å². The molecular formula is C20H20FN6O3P. The lowest BCUT2D eigenvalue weighted by atomic mass is 9.99. The van der Waals surface area contributed by atoms with Crippen LogP contribution in [0.25, 0.3) is 5.52 Å². The molecule has 2 unspecified atom stereocenters. The van der Waals surface area contributed by atoms with Crippen LogP contribution in [0.2, 0.25) is 0 Å². The number of H-pyrrole nitrogens is 1. The van der Waals surface area contributed by atoms with E-state index in [1.54, 1.807) is 15.7 Å². The minimum atomic E-state index is -1.51. The highest BCUT2D eigenvalue weighted by atomic mass is 31.0. The third kappa shape index (κ3) is 3.27. The molecule has 1 aliphatic heterocycles. The predicted octanol–water partition coefficient (Wildman–Crippen LogP) is 3.08. The number of hydrogen-bond acceptors (Lipinski definition) is 6. The largest absolute Gasteiger partial charge is 0.478 e. The lowest BCUT2D eigenvalue weighted by Gasteiger charge is -2.33. The van der Waals surface area contributed by atoms with E-state index >= 15 is 0 Å². The number of oxazole rings is 1. The molecule has 11 heteroatoms. The molecule has 9 nitrogen and oxygen atoms in total. The molecule has 5 heterocycles. The highest BCUT2D eigenvalue weighted by Gasteiger charge is 2.38. The number of aromatic amines is 1. The summed E-state index contributed by atoms with van der Waals surface area (Å²) in [7, 11) is 1.99. The van der Waals surface area contributed by atoms with E-state index in [0.717, 1.165) is 17.6 Å². The fraction of sp³-hybridized carbons (Fsp3) is 0.300. The summed E-state index contributed by atoms with van der Waals surface area (Å²) in [5.41, 5.74) is 3.03. The number of nitrogens with zero attached hydrogens (tertiary/aromatic N) is 5. The highest BCUT2D eigenvalue weighted by Crippen LogP contribution is 2.36. The first kappa shape index (κ1) is 19.7. The van der Waals surface area contributed by atoms with Crippen LogP contribution in [0.15, 0.2) is 41.4 Å². The minimum absolute atomic E-state index is 0.0461. The van der Waals surface area contributed by atoms with Crippen LogP contribution in [0.3, 0.4) is 0 Å². The molecule has 0 saturated carbocycles. The Morgan fingerprint density at radius 1 is 1.45 bits per heavy atom. The molecule has 0 aliphatic carbocycles. The van der Waals surface area contributed by atoms with Gasteiger partial charge in [0, 0.05) is 24.7 Å². The summed E-state index contributed by atoms with van der Waals surface area (Å²) in [5, 5.41) is 4.72. The number of halogens is 1. The summed E-state index contributed by atoms with van der Waals surface area (Å²) >= 11 is 0. The van der Waals surface area contributed by atoms with Crippen molar-refractivity contribution in [3.05, 3.63) is 65.5 Å². The van der Waals surface area contributed by atoms with E-state index in [4.69, 9.17) is 14.3 Å². The van der Waals surface area contributed by atoms with E-state index in [2.05, 4.69) is 15.0 Å². The maximum Gasteiger partial charge on any atom is 0.292 e. The van der Waals surface area contributed by atoms with E-state index in [1.165, 1.54) is 0 Å². The average Bonchev–Trinajstić information content (AvgIpc) is 3.51. The molecule has 31 heavy (non-hydrogen) atoms. The number of carbonyl (C=O) groups is 1. The third-order valence-electron chi connectivity index (χ3n) is 5.28. The molecule has 0 saturated heterocycles. The lowest BCUT2D eigenvalue weighted by molar-refractivity contribution is 0.0651. The van der Waals surface area contributed by atoms with Gasteiger partial charge in [-0.2, -0.15) is 5.10 Å². The quantitative estimate of drug-likeness (QED) is 0.477. The van der Waals surface area contributed by atoms with Gasteiger partial charge >= 0.3 is 0 Å². The first-order valence-corrected chi connectivity index (χ1v) is 10.5. The van der Waals surface area contributed by atoms with Crippen molar-refractivity contribution in [2.24, 2.45) is 0 Å². The molecule has 4 aromatic heterocycles. The van der Waals surface area contributed by atoms with E-state index < -0.39 is 17.9 Å². The Balaban J connectivity index is 1.62. The van der Waals surface area contributed by atoms with Crippen LogP contribution in [0.5, 0.6) is 5.88 Å². The first-order chi connectivity index (χ1) is 15.1. The molecule has 5 rings (SSSR count). The number of ether oxygens (including phenoxy) is 1. The average molecular weight is 442 g/mol. The number of amides is 1. The molecular weight excluding hydrogens is 422 g/mol. The summed E-state index contributed by atoms with van der Waals surface area (Å²) in [6.07, 6.45) is 3.27. The van der Waals surface area contributed by atoms with Gasteiger partial charge in [0.05, 0.1) is 29.8 Å². The maximum absolute atomic E-state index is 13.9. The number of hydrogen-bond donors (Lipinski definition) is 1. The standard InChI is InChI=1S/C20H20FN6O3P/c1-2-29-14-5-3-4-11-8-13(25-27(11)14)17-15-12(22-9-23-15)6-7-26(17)20(28)18-16(19(21)31)24-10-30-18/h3-5,8-10,17,19H,2,6-7,31H2,1H3,(H,22,23)/t17-,19?/m0/s1. The van der Waals surface area contributed by atoms with Crippen LogP contribution in [0.4, 0.5) is 4.39 Å². The Morgan fingerprint density at radius 2 is 2.32 bits per heavy atom. The zero-order valence-electron chi connectivity index (χ0n) is 16.7. The van der Waals surface area contributed by atoms with Gasteiger partial charge in [0.15, 0.2) is 12.3 Å². The number of carbonyl (C=O) groups excluding carboxylic acids is 1. The van der Waals surface area contributed by atoms with Crippen molar-refractivity contribution >= 4 is 20.7 Å². The molecule has 0 aromatic carbocycles. The molecule has 0 fully saturated rings. The van der Waals surface area contributed by atoms with E-state index in [1.807, 2.05) is 40.4 Å². The Labute approximate surface area is 178 Å². The van der Waals surface area contributed by atoms with Crippen LogP contribution in [0, 0.1) is 0 Å². The molecule has 1 aliphatic rings. The molecule has 3 atom stereocenters. The third-order valence-corrected chi connectivity index (χ3v) is 5.59. The van der Waals surface area contributed by atoms with E-state index in [-0.39, 0.29) is 11.5 Å². The number of rotatable bonds is 5. The van der Waals surface area contributed by atoms with Gasteiger partial charge in [-0.1, -0.05) is 15.3 Å². The summed E-state index contributed by atoms with van der Waals surface area (Å²) in [5.74, 6) is -1.49. The van der Waals surface area contributed by atoms with Crippen LogP contribution in [-0.2, 0) is 6.42 Å². The van der Waals surface area contributed by atoms with Crippen molar-refractivity contribution in [1.29, 1.82) is 0 Å². The van der Waals surface area contributed by atoms with Gasteiger partial charge < -0.3 is 19.0 Å². The summed E-state index contributed by atoms with van der Waals surface area (Å²) in [6, 6.07) is 6.95. The van der Waals surface area contributed by atoms with Crippen LogP contribution >= 0.6 is 9.24 Å². The second-order valence-electron chi connectivity index (χ2n) is 7.09. The molecule has 1 N–H and O–H groups in total. The number of imidazole rings is 1. The van der Waals surface area contributed by atoms with Crippen LogP contribution in [0.1, 0.15) is 52.2 Å². The monoisotopic (exact) mass is 442 g/mol. The highest BCUT2D eigenvalue weighted by molar-refractivity contribution is 7.16. The number of alkyl halides is 1. The molecule has 0 bridgehead atoms. The van der Waals surface area contributed by atoms with Crippen LogP contribution in [-0.4, -0.2) is 48.5 Å². The fourth-order valence-corrected chi connectivity index (χ4v) is 4.17. The normalized spacial score (nSPS) is 17.0. The van der Waals surface area contributed by atoms with Crippen molar-refractivity contribution in [3.8, 4) is 5.88 Å². The van der Waals surface area contributed by atoms with Crippen molar-refractivity contribution in [2.75, 3.05) is 13.2 Å². The summed E-state index contributed by atoms with van der Waals surface area (Å²) < 4.78 is 26.6. The van der Waals surface area contributed by atoms with Crippen LogP contribution < -0.4 is 4.74 Å². The molecule has 160 valence electrons. The Kier molecular flexibility index (Phi) is 4.94. The number of nitrogens with one attached hydrogen (secondary N) is 1. The predicted molar refractivity (Wildman–Crippen MR) is 112 cm³/mol. The van der Waals surface area contributed by atoms with Gasteiger partial charge in [0.25, 0.3) is 5.91 Å². The SMILES string of the molecule is CCOc1cccc2cc([C@H]3c4nc[nH]c4CCN3C(=O)c3ocnc3C(F)P)nn12.